The van der Waals surface area contributed by atoms with E-state index in [1.54, 1.807) is 13.8 Å². The van der Waals surface area contributed by atoms with Crippen LogP contribution in [0.2, 0.25) is 0 Å². The lowest BCUT2D eigenvalue weighted by molar-refractivity contribution is -0.268. The Bertz CT molecular complexity index is 1450. The molecule has 6 nitrogen and oxygen atoms in total. The van der Waals surface area contributed by atoms with Crippen molar-refractivity contribution in [2.45, 2.75) is 108 Å². The topological polar surface area (TPSA) is 85.2 Å². The predicted molar refractivity (Wildman–Crippen MR) is 155 cm³/mol. The number of aliphatic hydroxyl groups is 2. The van der Waals surface area contributed by atoms with Gasteiger partial charge in [0.05, 0.1) is 19.8 Å². The summed E-state index contributed by atoms with van der Waals surface area (Å²) >= 11 is 0. The number of ether oxygens (including phenoxy) is 3. The zero-order valence-corrected chi connectivity index (χ0v) is 27.0. The van der Waals surface area contributed by atoms with Crippen LogP contribution in [-0.4, -0.2) is 59.6 Å². The molecular weight excluding hydrogens is 644 g/mol. The second-order valence-corrected chi connectivity index (χ2v) is 13.2. The number of alkyl halides is 6. The van der Waals surface area contributed by atoms with E-state index in [0.29, 0.717) is 54.2 Å². The molecule has 2 heterocycles. The molecule has 14 heteroatoms. The fourth-order valence-electron chi connectivity index (χ4n) is 6.07. The molecule has 0 amide bonds. The number of esters is 1. The molecule has 0 radical (unpaired) electrons. The van der Waals surface area contributed by atoms with E-state index in [1.165, 1.54) is 45.9 Å². The minimum atomic E-state index is -5.24. The summed E-state index contributed by atoms with van der Waals surface area (Å²) in [6.07, 6.45) is -11.0. The molecule has 0 spiro atoms. The smallest absolute Gasteiger partial charge is 0.428 e. The average Bonchev–Trinajstić information content (AvgIpc) is 3.60. The maximum absolute atomic E-state index is 13.9. The second-order valence-electron chi connectivity index (χ2n) is 13.2. The fraction of sp³-hybridized carbons (Fsp3) is 0.606. The van der Waals surface area contributed by atoms with Gasteiger partial charge in [0, 0.05) is 41.5 Å². The Labute approximate surface area is 268 Å². The zero-order valence-electron chi connectivity index (χ0n) is 27.0. The van der Waals surface area contributed by atoms with Gasteiger partial charge in [0.2, 0.25) is 0 Å². The Kier molecular flexibility index (Phi) is 10.9. The molecule has 2 unspecified atom stereocenters. The lowest BCUT2D eigenvalue weighted by Gasteiger charge is -2.37. The molecule has 2 aromatic carbocycles. The van der Waals surface area contributed by atoms with Crippen molar-refractivity contribution in [2.75, 3.05) is 19.8 Å². The Hall–Kier alpha value is -3.13. The molecule has 2 aliphatic heterocycles. The van der Waals surface area contributed by atoms with Crippen molar-refractivity contribution in [1.29, 1.82) is 0 Å². The number of hydrogen-bond acceptors (Lipinski definition) is 6. The number of carbonyl (C=O) groups excluding carboxylic acids is 1. The molecule has 0 saturated carbocycles. The third-order valence-corrected chi connectivity index (χ3v) is 8.58. The standard InChI is InChI=1S/C17H20F4O4.C16H20F4O2/c1-4-24-14(22)16(23,17(19,20)21)9-15(2,3)12-8-11(18)7-10-5-6-25-13(10)12;1-4-15(21,16(18,19)20)9-14(2,3)12-8-11(17)7-10-5-6-22-13(10)12/h7-8,23H,4-6,9H2,1-3H3;7-8,21H,4-6,9H2,1-3H3. The first-order valence-electron chi connectivity index (χ1n) is 15.1. The Morgan fingerprint density at radius 3 is 1.53 bits per heavy atom. The van der Waals surface area contributed by atoms with E-state index >= 15 is 0 Å². The first-order chi connectivity index (χ1) is 21.4. The summed E-state index contributed by atoms with van der Waals surface area (Å²) in [5.41, 5.74) is -7.25. The summed E-state index contributed by atoms with van der Waals surface area (Å²) < 4.78 is 123. The van der Waals surface area contributed by atoms with E-state index in [0.717, 1.165) is 6.07 Å². The SMILES string of the molecule is CCC(O)(CC(C)(C)c1cc(F)cc2c1OCC2)C(F)(F)F.CCOC(=O)C(O)(CC(C)(C)c1cc(F)cc2c1OCC2)C(F)(F)F. The van der Waals surface area contributed by atoms with Crippen molar-refractivity contribution in [1.82, 2.24) is 0 Å². The highest BCUT2D eigenvalue weighted by Crippen LogP contribution is 2.48. The van der Waals surface area contributed by atoms with E-state index in [1.807, 2.05) is 0 Å². The van der Waals surface area contributed by atoms with Crippen LogP contribution in [0.5, 0.6) is 11.5 Å². The first-order valence-corrected chi connectivity index (χ1v) is 15.1. The molecule has 0 aromatic heterocycles. The molecule has 47 heavy (non-hydrogen) atoms. The van der Waals surface area contributed by atoms with Crippen LogP contribution < -0.4 is 9.47 Å². The molecule has 0 aliphatic carbocycles. The molecule has 2 atom stereocenters. The molecule has 2 N–H and O–H groups in total. The van der Waals surface area contributed by atoms with Gasteiger partial charge in [0.15, 0.2) is 5.60 Å². The van der Waals surface area contributed by atoms with Crippen molar-refractivity contribution in [2.24, 2.45) is 0 Å². The van der Waals surface area contributed by atoms with Gasteiger partial charge in [-0.25, -0.2) is 13.6 Å². The van der Waals surface area contributed by atoms with Gasteiger partial charge in [0.1, 0.15) is 23.1 Å². The lowest BCUT2D eigenvalue weighted by Crippen LogP contribution is -2.55. The second kappa shape index (κ2) is 13.4. The van der Waals surface area contributed by atoms with Crippen LogP contribution >= 0.6 is 0 Å². The Morgan fingerprint density at radius 1 is 0.745 bits per heavy atom. The van der Waals surface area contributed by atoms with Crippen LogP contribution in [0.3, 0.4) is 0 Å². The average molecular weight is 685 g/mol. The van der Waals surface area contributed by atoms with E-state index < -0.39 is 71.3 Å². The van der Waals surface area contributed by atoms with Crippen LogP contribution in [0.1, 0.15) is 83.1 Å². The summed E-state index contributed by atoms with van der Waals surface area (Å²) in [5, 5.41) is 20.1. The van der Waals surface area contributed by atoms with E-state index in [4.69, 9.17) is 9.47 Å². The summed E-state index contributed by atoms with van der Waals surface area (Å²) in [7, 11) is 0. The molecule has 0 fully saturated rings. The highest BCUT2D eigenvalue weighted by atomic mass is 19.4. The quantitative estimate of drug-likeness (QED) is 0.211. The maximum Gasteiger partial charge on any atom is 0.428 e. The summed E-state index contributed by atoms with van der Waals surface area (Å²) in [6, 6.07) is 4.89. The van der Waals surface area contributed by atoms with E-state index in [-0.39, 0.29) is 12.2 Å². The lowest BCUT2D eigenvalue weighted by atomic mass is 9.73. The van der Waals surface area contributed by atoms with Gasteiger partial charge in [-0.3, -0.25) is 0 Å². The molecular formula is C33H40F8O6. The van der Waals surface area contributed by atoms with Crippen molar-refractivity contribution in [3.8, 4) is 11.5 Å². The Balaban J connectivity index is 0.000000257. The maximum atomic E-state index is 13.9. The first kappa shape index (κ1) is 38.3. The highest BCUT2D eigenvalue weighted by Gasteiger charge is 2.63. The normalized spacial score (nSPS) is 17.3. The number of rotatable bonds is 9. The van der Waals surface area contributed by atoms with Crippen molar-refractivity contribution < 1.29 is 64.3 Å². The summed E-state index contributed by atoms with van der Waals surface area (Å²) in [4.78, 5) is 11.8. The van der Waals surface area contributed by atoms with Gasteiger partial charge in [-0.15, -0.1) is 0 Å². The molecule has 0 saturated heterocycles. The number of carbonyl (C=O) groups is 1. The molecule has 0 bridgehead atoms. The van der Waals surface area contributed by atoms with Gasteiger partial charge >= 0.3 is 18.3 Å². The number of benzene rings is 2. The van der Waals surface area contributed by atoms with E-state index in [9.17, 15) is 50.1 Å². The predicted octanol–water partition coefficient (Wildman–Crippen LogP) is 7.42. The number of fused-ring (bicyclic) bond motifs is 2. The van der Waals surface area contributed by atoms with Gasteiger partial charge in [-0.1, -0.05) is 34.6 Å². The van der Waals surface area contributed by atoms with Crippen molar-refractivity contribution in [3.63, 3.8) is 0 Å². The zero-order chi connectivity index (χ0) is 35.8. The third-order valence-electron chi connectivity index (χ3n) is 8.58. The van der Waals surface area contributed by atoms with Crippen LogP contribution in [0.15, 0.2) is 24.3 Å². The largest absolute Gasteiger partial charge is 0.493 e. The van der Waals surface area contributed by atoms with Crippen LogP contribution in [0, 0.1) is 11.6 Å². The number of hydrogen-bond donors (Lipinski definition) is 2. The van der Waals surface area contributed by atoms with E-state index in [2.05, 4.69) is 4.74 Å². The fourth-order valence-corrected chi connectivity index (χ4v) is 6.07. The van der Waals surface area contributed by atoms with Gasteiger partial charge in [0.25, 0.3) is 5.60 Å². The summed E-state index contributed by atoms with van der Waals surface area (Å²) in [6.45, 7) is 8.91. The summed E-state index contributed by atoms with van der Waals surface area (Å²) in [5.74, 6) is -2.13. The van der Waals surface area contributed by atoms with Crippen LogP contribution in [-0.2, 0) is 33.2 Å². The van der Waals surface area contributed by atoms with Gasteiger partial charge in [-0.2, -0.15) is 26.3 Å². The van der Waals surface area contributed by atoms with Crippen molar-refractivity contribution in [3.05, 3.63) is 58.2 Å². The molecule has 2 aliphatic rings. The molecule has 2 aromatic rings. The molecule has 264 valence electrons. The van der Waals surface area contributed by atoms with Gasteiger partial charge < -0.3 is 24.4 Å². The minimum absolute atomic E-state index is 0.173. The molecule has 4 rings (SSSR count). The van der Waals surface area contributed by atoms with Crippen LogP contribution in [0.4, 0.5) is 35.1 Å². The van der Waals surface area contributed by atoms with Crippen LogP contribution in [0.25, 0.3) is 0 Å². The highest BCUT2D eigenvalue weighted by molar-refractivity contribution is 5.80. The van der Waals surface area contributed by atoms with Crippen molar-refractivity contribution >= 4 is 5.97 Å². The minimum Gasteiger partial charge on any atom is -0.493 e. The van der Waals surface area contributed by atoms with Gasteiger partial charge in [-0.05, 0) is 54.9 Å². The third kappa shape index (κ3) is 7.96. The monoisotopic (exact) mass is 684 g/mol. The number of halogens is 8. The Morgan fingerprint density at radius 2 is 1.17 bits per heavy atom.